The van der Waals surface area contributed by atoms with Crippen molar-refractivity contribution in [1.82, 2.24) is 25.2 Å². The third kappa shape index (κ3) is 5.60. The van der Waals surface area contributed by atoms with Gasteiger partial charge in [0.2, 0.25) is 0 Å². The molecule has 0 saturated heterocycles. The maximum Gasteiger partial charge on any atom is 0.191 e. The highest BCUT2D eigenvalue weighted by Crippen LogP contribution is 2.20. The van der Waals surface area contributed by atoms with Crippen molar-refractivity contribution in [3.05, 3.63) is 85.1 Å². The lowest BCUT2D eigenvalue weighted by molar-refractivity contribution is 0.311. The molecular formula is C24H26N6O. The summed E-state index contributed by atoms with van der Waals surface area (Å²) in [5.74, 6) is 2.49. The number of guanidine groups is 1. The Morgan fingerprint density at radius 1 is 1.06 bits per heavy atom. The second kappa shape index (κ2) is 10.2. The van der Waals surface area contributed by atoms with E-state index in [1.54, 1.807) is 19.6 Å². The van der Waals surface area contributed by atoms with Crippen molar-refractivity contribution in [2.24, 2.45) is 4.99 Å². The molecule has 2 N–H and O–H groups in total. The van der Waals surface area contributed by atoms with Crippen LogP contribution in [0.15, 0.2) is 84.5 Å². The lowest BCUT2D eigenvalue weighted by Crippen LogP contribution is -2.37. The molecule has 158 valence electrons. The van der Waals surface area contributed by atoms with Crippen molar-refractivity contribution in [1.29, 1.82) is 0 Å². The number of pyridine rings is 1. The Bertz CT molecular complexity index is 1120. The first kappa shape index (κ1) is 20.4. The molecule has 0 fully saturated rings. The molecule has 0 amide bonds. The van der Waals surface area contributed by atoms with Crippen molar-refractivity contribution in [2.45, 2.75) is 13.0 Å². The molecule has 0 aliphatic rings. The van der Waals surface area contributed by atoms with E-state index in [9.17, 15) is 0 Å². The van der Waals surface area contributed by atoms with Gasteiger partial charge in [0.25, 0.3) is 0 Å². The first-order valence-electron chi connectivity index (χ1n) is 10.3. The molecular weight excluding hydrogens is 388 g/mol. The van der Waals surface area contributed by atoms with Gasteiger partial charge in [0.1, 0.15) is 17.9 Å². The van der Waals surface area contributed by atoms with Gasteiger partial charge in [0.05, 0.1) is 6.61 Å². The van der Waals surface area contributed by atoms with Gasteiger partial charge in [-0.3, -0.25) is 9.56 Å². The van der Waals surface area contributed by atoms with Crippen LogP contribution in [0.4, 0.5) is 0 Å². The molecule has 0 spiro atoms. The molecule has 0 atom stereocenters. The molecule has 2 aromatic carbocycles. The fourth-order valence-corrected chi connectivity index (χ4v) is 3.20. The highest BCUT2D eigenvalue weighted by atomic mass is 16.5. The molecule has 0 radical (unpaired) electrons. The molecule has 0 bridgehead atoms. The lowest BCUT2D eigenvalue weighted by Gasteiger charge is -2.12. The summed E-state index contributed by atoms with van der Waals surface area (Å²) in [6.45, 7) is 2.05. The fourth-order valence-electron chi connectivity index (χ4n) is 3.20. The number of hydrogen-bond acceptors (Lipinski definition) is 4. The van der Waals surface area contributed by atoms with Crippen LogP contribution in [0.25, 0.3) is 16.6 Å². The van der Waals surface area contributed by atoms with E-state index in [2.05, 4.69) is 49.9 Å². The number of fused-ring (bicyclic) bond motifs is 1. The van der Waals surface area contributed by atoms with E-state index in [1.807, 2.05) is 47.3 Å². The molecule has 7 nitrogen and oxygen atoms in total. The first-order valence-corrected chi connectivity index (χ1v) is 10.3. The first-order chi connectivity index (χ1) is 15.3. The van der Waals surface area contributed by atoms with E-state index >= 15 is 0 Å². The van der Waals surface area contributed by atoms with Crippen LogP contribution >= 0.6 is 0 Å². The SMILES string of the molecule is CN=C(NCCCOc1ccc2ccccc2c1)NCc1ccc(-n2ccnc2)nc1. The van der Waals surface area contributed by atoms with Crippen LogP contribution < -0.4 is 15.4 Å². The number of nitrogens with one attached hydrogen (secondary N) is 2. The number of benzene rings is 2. The Balaban J connectivity index is 1.17. The van der Waals surface area contributed by atoms with Gasteiger partial charge in [-0.1, -0.05) is 36.4 Å². The van der Waals surface area contributed by atoms with Crippen LogP contribution in [0.3, 0.4) is 0 Å². The average Bonchev–Trinajstić information content (AvgIpc) is 3.36. The maximum absolute atomic E-state index is 5.89. The summed E-state index contributed by atoms with van der Waals surface area (Å²) in [6.07, 6.45) is 8.06. The zero-order valence-corrected chi connectivity index (χ0v) is 17.5. The van der Waals surface area contributed by atoms with Crippen LogP contribution in [0, 0.1) is 0 Å². The van der Waals surface area contributed by atoms with E-state index in [0.717, 1.165) is 36.1 Å². The number of aliphatic imine (C=N–C) groups is 1. The summed E-state index contributed by atoms with van der Waals surface area (Å²) in [4.78, 5) is 12.8. The average molecular weight is 415 g/mol. The minimum Gasteiger partial charge on any atom is -0.494 e. The molecule has 0 unspecified atom stereocenters. The monoisotopic (exact) mass is 414 g/mol. The molecule has 0 saturated carbocycles. The number of nitrogens with zero attached hydrogens (tertiary/aromatic N) is 4. The van der Waals surface area contributed by atoms with Gasteiger partial charge >= 0.3 is 0 Å². The number of hydrogen-bond donors (Lipinski definition) is 2. The van der Waals surface area contributed by atoms with Gasteiger partial charge in [-0.05, 0) is 41.0 Å². The number of aromatic nitrogens is 3. The quantitative estimate of drug-likeness (QED) is 0.262. The van der Waals surface area contributed by atoms with Crippen molar-refractivity contribution >= 4 is 16.7 Å². The van der Waals surface area contributed by atoms with E-state index < -0.39 is 0 Å². The van der Waals surface area contributed by atoms with Gasteiger partial charge in [0, 0.05) is 38.7 Å². The van der Waals surface area contributed by atoms with E-state index in [1.165, 1.54) is 10.8 Å². The second-order valence-electron chi connectivity index (χ2n) is 7.06. The summed E-state index contributed by atoms with van der Waals surface area (Å²) >= 11 is 0. The van der Waals surface area contributed by atoms with Crippen molar-refractivity contribution in [3.8, 4) is 11.6 Å². The highest BCUT2D eigenvalue weighted by Gasteiger charge is 2.02. The van der Waals surface area contributed by atoms with Gasteiger partial charge in [-0.25, -0.2) is 9.97 Å². The van der Waals surface area contributed by atoms with Crippen LogP contribution in [0.1, 0.15) is 12.0 Å². The molecule has 31 heavy (non-hydrogen) atoms. The Morgan fingerprint density at radius 2 is 1.97 bits per heavy atom. The molecule has 0 aliphatic heterocycles. The number of imidazole rings is 1. The minimum atomic E-state index is 0.641. The highest BCUT2D eigenvalue weighted by molar-refractivity contribution is 5.83. The van der Waals surface area contributed by atoms with Crippen molar-refractivity contribution < 1.29 is 4.74 Å². The normalized spacial score (nSPS) is 11.5. The van der Waals surface area contributed by atoms with Crippen LogP contribution in [-0.2, 0) is 6.54 Å². The standard InChI is InChI=1S/C24H26N6O/c1-25-24(29-17-19-7-10-23(28-16-19)30-13-12-26-18-30)27-11-4-14-31-22-9-8-20-5-2-3-6-21(20)15-22/h2-3,5-10,12-13,15-16,18H,4,11,14,17H2,1H3,(H2,25,27,29). The second-order valence-corrected chi connectivity index (χ2v) is 7.06. The van der Waals surface area contributed by atoms with E-state index in [0.29, 0.717) is 13.2 Å². The van der Waals surface area contributed by atoms with Gasteiger partial charge in [-0.2, -0.15) is 0 Å². The van der Waals surface area contributed by atoms with E-state index in [-0.39, 0.29) is 0 Å². The summed E-state index contributed by atoms with van der Waals surface area (Å²) in [5, 5.41) is 9.03. The molecule has 4 rings (SSSR count). The zero-order valence-electron chi connectivity index (χ0n) is 17.5. The van der Waals surface area contributed by atoms with Crippen molar-refractivity contribution in [3.63, 3.8) is 0 Å². The number of ether oxygens (including phenoxy) is 1. The minimum absolute atomic E-state index is 0.641. The van der Waals surface area contributed by atoms with Crippen LogP contribution in [0.5, 0.6) is 5.75 Å². The maximum atomic E-state index is 5.89. The third-order valence-corrected chi connectivity index (χ3v) is 4.86. The Hall–Kier alpha value is -3.87. The summed E-state index contributed by atoms with van der Waals surface area (Å²) in [7, 11) is 1.77. The topological polar surface area (TPSA) is 76.4 Å². The predicted octanol–water partition coefficient (Wildman–Crippen LogP) is 3.55. The smallest absolute Gasteiger partial charge is 0.191 e. The van der Waals surface area contributed by atoms with Crippen LogP contribution in [-0.4, -0.2) is 40.7 Å². The third-order valence-electron chi connectivity index (χ3n) is 4.86. The van der Waals surface area contributed by atoms with Crippen LogP contribution in [0.2, 0.25) is 0 Å². The molecule has 2 aromatic heterocycles. The van der Waals surface area contributed by atoms with E-state index in [4.69, 9.17) is 4.74 Å². The molecule has 2 heterocycles. The summed E-state index contributed by atoms with van der Waals surface area (Å²) < 4.78 is 7.76. The molecule has 4 aromatic rings. The van der Waals surface area contributed by atoms with Gasteiger partial charge in [-0.15, -0.1) is 0 Å². The summed E-state index contributed by atoms with van der Waals surface area (Å²) in [6, 6.07) is 18.5. The van der Waals surface area contributed by atoms with Crippen molar-refractivity contribution in [2.75, 3.05) is 20.2 Å². The Labute approximate surface area is 181 Å². The largest absolute Gasteiger partial charge is 0.494 e. The Kier molecular flexibility index (Phi) is 6.74. The molecule has 7 heteroatoms. The summed E-state index contributed by atoms with van der Waals surface area (Å²) in [5.41, 5.74) is 1.08. The fraction of sp³-hybridized carbons (Fsp3) is 0.208. The van der Waals surface area contributed by atoms with Gasteiger partial charge < -0.3 is 15.4 Å². The predicted molar refractivity (Wildman–Crippen MR) is 124 cm³/mol. The Morgan fingerprint density at radius 3 is 2.74 bits per heavy atom. The number of rotatable bonds is 8. The molecule has 0 aliphatic carbocycles. The zero-order chi connectivity index (χ0) is 21.3. The lowest BCUT2D eigenvalue weighted by atomic mass is 10.1. The van der Waals surface area contributed by atoms with Gasteiger partial charge in [0.15, 0.2) is 5.96 Å².